The maximum absolute atomic E-state index is 12.1. The molecule has 0 saturated carbocycles. The lowest BCUT2D eigenvalue weighted by molar-refractivity contribution is -0.140. The molecule has 1 atom stereocenters. The Balaban J connectivity index is 1.54. The first-order valence-corrected chi connectivity index (χ1v) is 10.6. The Morgan fingerprint density at radius 3 is 2.69 bits per heavy atom. The van der Waals surface area contributed by atoms with E-state index in [1.54, 1.807) is 17.3 Å². The van der Waals surface area contributed by atoms with E-state index in [1.807, 2.05) is 29.8 Å². The average molecular weight is 432 g/mol. The van der Waals surface area contributed by atoms with Crippen LogP contribution in [0.5, 0.6) is 0 Å². The van der Waals surface area contributed by atoms with Crippen LogP contribution in [0.3, 0.4) is 0 Å². The second-order valence-corrected chi connectivity index (χ2v) is 8.25. The van der Waals surface area contributed by atoms with Crippen molar-refractivity contribution in [1.29, 1.82) is 0 Å². The van der Waals surface area contributed by atoms with Gasteiger partial charge in [-0.15, -0.1) is 5.10 Å². The first-order valence-electron chi connectivity index (χ1n) is 10.6. The SMILES string of the molecule is Cc1cc(-c2ccc3ncc4nnn(C5CCN(C(=O)[C@H](C)O)CC5)c4c3n2)cnc1N. The third kappa shape index (κ3) is 3.42. The summed E-state index contributed by atoms with van der Waals surface area (Å²) >= 11 is 0. The summed E-state index contributed by atoms with van der Waals surface area (Å²) in [4.78, 5) is 27.5. The number of rotatable bonds is 3. The summed E-state index contributed by atoms with van der Waals surface area (Å²) in [6, 6.07) is 5.90. The standard InChI is InChI=1S/C22H24N8O2/c1-12-9-14(10-25-21(12)23)16-3-4-17-19(26-16)20-18(11-24-17)27-28-30(20)15-5-7-29(8-6-15)22(32)13(2)31/h3-4,9-11,13,15,31H,5-8H2,1-2H3,(H2,23,25)/t13-/m0/s1. The Morgan fingerprint density at radius 1 is 1.19 bits per heavy atom. The van der Waals surface area contributed by atoms with Crippen LogP contribution < -0.4 is 5.73 Å². The molecule has 0 aromatic carbocycles. The minimum Gasteiger partial charge on any atom is -0.384 e. The van der Waals surface area contributed by atoms with Gasteiger partial charge in [-0.05, 0) is 50.5 Å². The molecular weight excluding hydrogens is 408 g/mol. The Hall–Kier alpha value is -3.66. The number of likely N-dealkylation sites (tertiary alicyclic amines) is 1. The number of carbonyl (C=O) groups is 1. The van der Waals surface area contributed by atoms with Gasteiger partial charge >= 0.3 is 0 Å². The predicted molar refractivity (Wildman–Crippen MR) is 120 cm³/mol. The number of aryl methyl sites for hydroxylation is 1. The first-order chi connectivity index (χ1) is 15.4. The Morgan fingerprint density at radius 2 is 1.97 bits per heavy atom. The summed E-state index contributed by atoms with van der Waals surface area (Å²) in [5.41, 5.74) is 11.4. The lowest BCUT2D eigenvalue weighted by Crippen LogP contribution is -2.43. The molecule has 10 heteroatoms. The smallest absolute Gasteiger partial charge is 0.251 e. The highest BCUT2D eigenvalue weighted by molar-refractivity contribution is 5.99. The largest absolute Gasteiger partial charge is 0.384 e. The summed E-state index contributed by atoms with van der Waals surface area (Å²) in [5, 5.41) is 18.3. The molecule has 0 radical (unpaired) electrons. The fourth-order valence-corrected chi connectivity index (χ4v) is 4.22. The molecule has 1 saturated heterocycles. The lowest BCUT2D eigenvalue weighted by Gasteiger charge is -2.32. The van der Waals surface area contributed by atoms with Gasteiger partial charge in [-0.1, -0.05) is 5.21 Å². The maximum atomic E-state index is 12.1. The monoisotopic (exact) mass is 432 g/mol. The molecule has 4 aromatic rings. The van der Waals surface area contributed by atoms with Crippen molar-refractivity contribution < 1.29 is 9.90 Å². The van der Waals surface area contributed by atoms with E-state index in [2.05, 4.69) is 20.3 Å². The third-order valence-electron chi connectivity index (χ3n) is 6.04. The summed E-state index contributed by atoms with van der Waals surface area (Å²) < 4.78 is 1.91. The minimum atomic E-state index is -0.983. The number of nitrogens with two attached hydrogens (primary N) is 1. The molecule has 1 fully saturated rings. The summed E-state index contributed by atoms with van der Waals surface area (Å²) in [7, 11) is 0. The van der Waals surface area contributed by atoms with Crippen LogP contribution in [-0.4, -0.2) is 65.1 Å². The number of aromatic nitrogens is 6. The van der Waals surface area contributed by atoms with Crippen molar-refractivity contribution in [1.82, 2.24) is 34.8 Å². The van der Waals surface area contributed by atoms with Crippen LogP contribution in [0.15, 0.2) is 30.6 Å². The zero-order chi connectivity index (χ0) is 22.4. The molecule has 0 aliphatic carbocycles. The zero-order valence-electron chi connectivity index (χ0n) is 17.9. The number of pyridine rings is 3. The van der Waals surface area contributed by atoms with E-state index in [-0.39, 0.29) is 11.9 Å². The molecule has 4 aromatic heterocycles. The highest BCUT2D eigenvalue weighted by Gasteiger charge is 2.28. The van der Waals surface area contributed by atoms with Gasteiger partial charge in [-0.25, -0.2) is 14.6 Å². The van der Waals surface area contributed by atoms with Crippen molar-refractivity contribution in [2.45, 2.75) is 38.8 Å². The number of hydrogen-bond acceptors (Lipinski definition) is 8. The van der Waals surface area contributed by atoms with Crippen LogP contribution in [0, 0.1) is 6.92 Å². The number of fused-ring (bicyclic) bond motifs is 3. The van der Waals surface area contributed by atoms with Crippen LogP contribution >= 0.6 is 0 Å². The molecular formula is C22H24N8O2. The second kappa shape index (κ2) is 7.79. The molecule has 5 rings (SSSR count). The highest BCUT2D eigenvalue weighted by atomic mass is 16.3. The van der Waals surface area contributed by atoms with Crippen molar-refractivity contribution in [3.8, 4) is 11.3 Å². The molecule has 1 amide bonds. The number of nitrogen functional groups attached to an aromatic ring is 1. The number of piperidine rings is 1. The average Bonchev–Trinajstić information content (AvgIpc) is 3.25. The molecule has 1 aliphatic heterocycles. The van der Waals surface area contributed by atoms with Crippen molar-refractivity contribution in [3.63, 3.8) is 0 Å². The second-order valence-electron chi connectivity index (χ2n) is 8.25. The number of nitrogens with zero attached hydrogens (tertiary/aromatic N) is 7. The molecule has 32 heavy (non-hydrogen) atoms. The molecule has 0 bridgehead atoms. The zero-order valence-corrected chi connectivity index (χ0v) is 17.9. The van der Waals surface area contributed by atoms with Gasteiger partial charge in [-0.2, -0.15) is 0 Å². The van der Waals surface area contributed by atoms with Crippen molar-refractivity contribution in [2.75, 3.05) is 18.8 Å². The van der Waals surface area contributed by atoms with Crippen molar-refractivity contribution >= 4 is 33.8 Å². The summed E-state index contributed by atoms with van der Waals surface area (Å²) in [6.07, 6.45) is 3.89. The lowest BCUT2D eigenvalue weighted by atomic mass is 10.0. The van der Waals surface area contributed by atoms with E-state index < -0.39 is 6.10 Å². The maximum Gasteiger partial charge on any atom is 0.251 e. The summed E-state index contributed by atoms with van der Waals surface area (Å²) in [6.45, 7) is 4.54. The van der Waals surface area contributed by atoms with Gasteiger partial charge in [0.15, 0.2) is 0 Å². The summed E-state index contributed by atoms with van der Waals surface area (Å²) in [5.74, 6) is 0.265. The van der Waals surface area contributed by atoms with Crippen LogP contribution in [0.4, 0.5) is 5.82 Å². The van der Waals surface area contributed by atoms with E-state index in [0.717, 1.165) is 46.2 Å². The van der Waals surface area contributed by atoms with E-state index in [0.29, 0.717) is 24.4 Å². The molecule has 164 valence electrons. The fourth-order valence-electron chi connectivity index (χ4n) is 4.22. The molecule has 0 unspecified atom stereocenters. The normalized spacial score (nSPS) is 16.0. The van der Waals surface area contributed by atoms with Gasteiger partial charge in [0.2, 0.25) is 0 Å². The Bertz CT molecular complexity index is 1320. The van der Waals surface area contributed by atoms with Gasteiger partial charge in [-0.3, -0.25) is 9.78 Å². The number of anilines is 1. The van der Waals surface area contributed by atoms with Crippen LogP contribution in [-0.2, 0) is 4.79 Å². The van der Waals surface area contributed by atoms with E-state index in [9.17, 15) is 9.90 Å². The number of carbonyl (C=O) groups excluding carboxylic acids is 1. The van der Waals surface area contributed by atoms with Gasteiger partial charge in [0.1, 0.15) is 28.5 Å². The van der Waals surface area contributed by atoms with E-state index in [1.165, 1.54) is 6.92 Å². The molecule has 0 spiro atoms. The highest BCUT2D eigenvalue weighted by Crippen LogP contribution is 2.30. The molecule has 3 N–H and O–H groups in total. The van der Waals surface area contributed by atoms with E-state index in [4.69, 9.17) is 10.7 Å². The topological polar surface area (TPSA) is 136 Å². The quantitative estimate of drug-likeness (QED) is 0.501. The van der Waals surface area contributed by atoms with E-state index >= 15 is 0 Å². The molecule has 5 heterocycles. The number of amides is 1. The number of aliphatic hydroxyl groups excluding tert-OH is 1. The van der Waals surface area contributed by atoms with Crippen LogP contribution in [0.25, 0.3) is 33.3 Å². The fraction of sp³-hybridized carbons (Fsp3) is 0.364. The Kier molecular flexibility index (Phi) is 4.93. The van der Waals surface area contributed by atoms with Crippen molar-refractivity contribution in [3.05, 3.63) is 36.2 Å². The predicted octanol–water partition coefficient (Wildman–Crippen LogP) is 1.87. The number of aliphatic hydroxyl groups is 1. The van der Waals surface area contributed by atoms with Gasteiger partial charge in [0.25, 0.3) is 5.91 Å². The van der Waals surface area contributed by atoms with Gasteiger partial charge < -0.3 is 15.7 Å². The first kappa shape index (κ1) is 20.3. The van der Waals surface area contributed by atoms with Crippen LogP contribution in [0.1, 0.15) is 31.4 Å². The van der Waals surface area contributed by atoms with Crippen LogP contribution in [0.2, 0.25) is 0 Å². The minimum absolute atomic E-state index is 0.0783. The molecule has 10 nitrogen and oxygen atoms in total. The number of hydrogen-bond donors (Lipinski definition) is 2. The third-order valence-corrected chi connectivity index (χ3v) is 6.04. The van der Waals surface area contributed by atoms with Gasteiger partial charge in [0.05, 0.1) is 23.4 Å². The Labute approximate surface area is 184 Å². The van der Waals surface area contributed by atoms with Crippen molar-refractivity contribution in [2.24, 2.45) is 0 Å². The molecule has 1 aliphatic rings. The van der Waals surface area contributed by atoms with Gasteiger partial charge in [0, 0.05) is 24.8 Å².